The monoisotopic (exact) mass is 298 g/mol. The van der Waals surface area contributed by atoms with Gasteiger partial charge in [-0.3, -0.25) is 0 Å². The second-order valence-electron chi connectivity index (χ2n) is 5.28. The van der Waals surface area contributed by atoms with E-state index in [2.05, 4.69) is 0 Å². The van der Waals surface area contributed by atoms with Gasteiger partial charge in [0.05, 0.1) is 12.2 Å². The summed E-state index contributed by atoms with van der Waals surface area (Å²) in [6.45, 7) is 2.60. The molecule has 0 amide bonds. The van der Waals surface area contributed by atoms with E-state index in [1.165, 1.54) is 0 Å². The predicted octanol–water partition coefficient (Wildman–Crippen LogP) is 3.85. The number of carboxylic acids is 1. The van der Waals surface area contributed by atoms with Gasteiger partial charge >= 0.3 is 5.97 Å². The molecule has 0 aliphatic carbocycles. The van der Waals surface area contributed by atoms with Gasteiger partial charge in [-0.05, 0) is 61.2 Å². The van der Waals surface area contributed by atoms with Gasteiger partial charge in [0.15, 0.2) is 0 Å². The van der Waals surface area contributed by atoms with Gasteiger partial charge in [-0.25, -0.2) is 4.79 Å². The third-order valence-electron chi connectivity index (χ3n) is 3.79. The molecular formula is C18H18O4. The van der Waals surface area contributed by atoms with E-state index in [1.54, 1.807) is 18.2 Å². The second-order valence-corrected chi connectivity index (χ2v) is 5.28. The smallest absolute Gasteiger partial charge is 0.335 e. The molecule has 1 unspecified atom stereocenters. The van der Waals surface area contributed by atoms with Gasteiger partial charge in [0.1, 0.15) is 17.6 Å². The highest BCUT2D eigenvalue weighted by Gasteiger charge is 2.22. The maximum Gasteiger partial charge on any atom is 0.335 e. The van der Waals surface area contributed by atoms with Gasteiger partial charge in [-0.1, -0.05) is 12.1 Å². The highest BCUT2D eigenvalue weighted by atomic mass is 16.5. The van der Waals surface area contributed by atoms with Crippen LogP contribution in [0.4, 0.5) is 0 Å². The lowest BCUT2D eigenvalue weighted by Gasteiger charge is -2.27. The number of aryl methyl sites for hydroxylation is 1. The van der Waals surface area contributed by atoms with Gasteiger partial charge in [0, 0.05) is 0 Å². The van der Waals surface area contributed by atoms with Crippen LogP contribution in [0.3, 0.4) is 0 Å². The fraction of sp³-hybridized carbons (Fsp3) is 0.278. The first-order valence-corrected chi connectivity index (χ1v) is 7.43. The average Bonchev–Trinajstić information content (AvgIpc) is 2.55. The fourth-order valence-electron chi connectivity index (χ4n) is 2.73. The van der Waals surface area contributed by atoms with E-state index in [4.69, 9.17) is 14.6 Å². The van der Waals surface area contributed by atoms with Crippen molar-refractivity contribution >= 4 is 5.97 Å². The number of fused-ring (bicyclic) bond motifs is 1. The Balaban J connectivity index is 1.82. The fourth-order valence-corrected chi connectivity index (χ4v) is 2.73. The van der Waals surface area contributed by atoms with E-state index in [-0.39, 0.29) is 6.10 Å². The van der Waals surface area contributed by atoms with Gasteiger partial charge in [-0.2, -0.15) is 0 Å². The summed E-state index contributed by atoms with van der Waals surface area (Å²) in [6.07, 6.45) is 1.61. The van der Waals surface area contributed by atoms with Crippen molar-refractivity contribution in [3.8, 4) is 11.5 Å². The summed E-state index contributed by atoms with van der Waals surface area (Å²) < 4.78 is 11.5. The molecule has 0 spiro atoms. The molecule has 22 heavy (non-hydrogen) atoms. The second kappa shape index (κ2) is 6.10. The minimum Gasteiger partial charge on any atom is -0.494 e. The van der Waals surface area contributed by atoms with E-state index in [0.29, 0.717) is 12.2 Å². The molecule has 3 rings (SSSR count). The summed E-state index contributed by atoms with van der Waals surface area (Å²) in [5, 5.41) is 9.09. The lowest BCUT2D eigenvalue weighted by atomic mass is 9.96. The molecule has 1 aliphatic heterocycles. The van der Waals surface area contributed by atoms with Crippen LogP contribution < -0.4 is 9.47 Å². The van der Waals surface area contributed by atoms with Crippen molar-refractivity contribution in [1.29, 1.82) is 0 Å². The Morgan fingerprint density at radius 1 is 1.32 bits per heavy atom. The summed E-state index contributed by atoms with van der Waals surface area (Å²) >= 11 is 0. The Kier molecular flexibility index (Phi) is 4.00. The van der Waals surface area contributed by atoms with Crippen molar-refractivity contribution in [2.45, 2.75) is 25.9 Å². The minimum atomic E-state index is -0.917. The molecule has 0 bridgehead atoms. The summed E-state index contributed by atoms with van der Waals surface area (Å²) in [6, 6.07) is 12.8. The van der Waals surface area contributed by atoms with Crippen LogP contribution >= 0.6 is 0 Å². The quantitative estimate of drug-likeness (QED) is 0.931. The van der Waals surface area contributed by atoms with Gasteiger partial charge in [-0.15, -0.1) is 0 Å². The van der Waals surface area contributed by atoms with Crippen LogP contribution in [-0.2, 0) is 6.42 Å². The number of rotatable bonds is 4. The lowest BCUT2D eigenvalue weighted by molar-refractivity contribution is 0.0696. The molecule has 2 aromatic rings. The van der Waals surface area contributed by atoms with E-state index < -0.39 is 5.97 Å². The van der Waals surface area contributed by atoms with Gasteiger partial charge in [0.2, 0.25) is 0 Å². The van der Waals surface area contributed by atoms with E-state index >= 15 is 0 Å². The normalized spacial score (nSPS) is 16.5. The number of benzene rings is 2. The number of ether oxygens (including phenoxy) is 2. The molecule has 1 atom stereocenters. The van der Waals surface area contributed by atoms with Crippen molar-refractivity contribution < 1.29 is 19.4 Å². The molecule has 1 N–H and O–H groups in total. The van der Waals surface area contributed by atoms with Gasteiger partial charge in [0.25, 0.3) is 0 Å². The van der Waals surface area contributed by atoms with Crippen LogP contribution in [0.1, 0.15) is 40.9 Å². The van der Waals surface area contributed by atoms with Gasteiger partial charge < -0.3 is 14.6 Å². The van der Waals surface area contributed by atoms with E-state index in [0.717, 1.165) is 35.5 Å². The maximum atomic E-state index is 11.1. The number of carboxylic acid groups (broad SMARTS) is 1. The number of hydrogen-bond donors (Lipinski definition) is 1. The zero-order chi connectivity index (χ0) is 15.5. The molecule has 0 saturated carbocycles. The standard InChI is InChI=1S/C18H18O4/c1-2-21-15-7-9-17-13(11-15)6-8-16(22-17)12-4-3-5-14(10-12)18(19)20/h3-5,7,9-11,16H,2,6,8H2,1H3,(H,19,20). The lowest BCUT2D eigenvalue weighted by Crippen LogP contribution is -2.15. The predicted molar refractivity (Wildman–Crippen MR) is 82.7 cm³/mol. The van der Waals surface area contributed by atoms with Crippen LogP contribution in [0, 0.1) is 0 Å². The molecule has 2 aromatic carbocycles. The zero-order valence-electron chi connectivity index (χ0n) is 12.4. The van der Waals surface area contributed by atoms with Crippen molar-refractivity contribution in [2.75, 3.05) is 6.61 Å². The number of aromatic carboxylic acids is 1. The number of hydrogen-bond acceptors (Lipinski definition) is 3. The third kappa shape index (κ3) is 2.91. The van der Waals surface area contributed by atoms with Crippen LogP contribution in [0.5, 0.6) is 11.5 Å². The molecule has 4 nitrogen and oxygen atoms in total. The average molecular weight is 298 g/mol. The Bertz CT molecular complexity index is 693. The van der Waals surface area contributed by atoms with Crippen molar-refractivity contribution in [3.63, 3.8) is 0 Å². The molecule has 0 radical (unpaired) electrons. The molecule has 1 aliphatic rings. The van der Waals surface area contributed by atoms with Crippen LogP contribution in [-0.4, -0.2) is 17.7 Å². The molecule has 4 heteroatoms. The Hall–Kier alpha value is -2.49. The Morgan fingerprint density at radius 3 is 2.95 bits per heavy atom. The zero-order valence-corrected chi connectivity index (χ0v) is 12.4. The summed E-state index contributed by atoms with van der Waals surface area (Å²) in [5.74, 6) is 0.788. The molecule has 0 aromatic heterocycles. The van der Waals surface area contributed by atoms with Crippen LogP contribution in [0.15, 0.2) is 42.5 Å². The highest BCUT2D eigenvalue weighted by Crippen LogP contribution is 2.36. The first kappa shape index (κ1) is 14.4. The largest absolute Gasteiger partial charge is 0.494 e. The highest BCUT2D eigenvalue weighted by molar-refractivity contribution is 5.87. The molecular weight excluding hydrogens is 280 g/mol. The van der Waals surface area contributed by atoms with Crippen molar-refractivity contribution in [1.82, 2.24) is 0 Å². The summed E-state index contributed by atoms with van der Waals surface area (Å²) in [5.41, 5.74) is 2.33. The molecule has 0 saturated heterocycles. The Morgan fingerprint density at radius 2 is 2.18 bits per heavy atom. The topological polar surface area (TPSA) is 55.8 Å². The summed E-state index contributed by atoms with van der Waals surface area (Å²) in [7, 11) is 0. The van der Waals surface area contributed by atoms with Crippen molar-refractivity contribution in [3.05, 3.63) is 59.2 Å². The van der Waals surface area contributed by atoms with Crippen LogP contribution in [0.25, 0.3) is 0 Å². The maximum absolute atomic E-state index is 11.1. The first-order chi connectivity index (χ1) is 10.7. The minimum absolute atomic E-state index is 0.107. The third-order valence-corrected chi connectivity index (χ3v) is 3.79. The van der Waals surface area contributed by atoms with Crippen molar-refractivity contribution in [2.24, 2.45) is 0 Å². The van der Waals surface area contributed by atoms with E-state index in [1.807, 2.05) is 31.2 Å². The molecule has 1 heterocycles. The first-order valence-electron chi connectivity index (χ1n) is 7.43. The Labute approximate surface area is 129 Å². The summed E-state index contributed by atoms with van der Waals surface area (Å²) in [4.78, 5) is 11.1. The van der Waals surface area contributed by atoms with Crippen LogP contribution in [0.2, 0.25) is 0 Å². The SMILES string of the molecule is CCOc1ccc2c(c1)CCC(c1cccc(C(=O)O)c1)O2. The van der Waals surface area contributed by atoms with E-state index in [9.17, 15) is 4.79 Å². The molecule has 0 fully saturated rings. The molecule has 114 valence electrons. The number of carbonyl (C=O) groups is 1.